The predicted molar refractivity (Wildman–Crippen MR) is 105 cm³/mol. The van der Waals surface area contributed by atoms with Crippen LogP contribution in [0.1, 0.15) is 40.5 Å². The molecule has 2 aromatic heterocycles. The minimum Gasteiger partial charge on any atom is -0.438 e. The highest BCUT2D eigenvalue weighted by atomic mass is 79.9. The van der Waals surface area contributed by atoms with Crippen molar-refractivity contribution in [2.24, 2.45) is 7.05 Å². The van der Waals surface area contributed by atoms with E-state index in [1.807, 2.05) is 42.2 Å². The molecule has 1 aliphatic carbocycles. The van der Waals surface area contributed by atoms with E-state index in [1.165, 1.54) is 5.69 Å². The van der Waals surface area contributed by atoms with Gasteiger partial charge in [0.25, 0.3) is 5.91 Å². The fourth-order valence-corrected chi connectivity index (χ4v) is 3.62. The molecule has 0 fully saturated rings. The largest absolute Gasteiger partial charge is 0.438 e. The van der Waals surface area contributed by atoms with Crippen LogP contribution in [0.3, 0.4) is 0 Å². The number of halogens is 1. The first-order valence-electron chi connectivity index (χ1n) is 8.82. The third-order valence-corrected chi connectivity index (χ3v) is 5.25. The Morgan fingerprint density at radius 3 is 2.93 bits per heavy atom. The van der Waals surface area contributed by atoms with Crippen LogP contribution in [0.25, 0.3) is 0 Å². The minimum atomic E-state index is -0.197. The highest BCUT2D eigenvalue weighted by Gasteiger charge is 2.26. The topological polar surface area (TPSA) is 69.0 Å². The minimum absolute atomic E-state index is 0.0457. The van der Waals surface area contributed by atoms with Crippen LogP contribution in [0, 0.1) is 0 Å². The maximum Gasteiger partial charge on any atom is 0.257 e. The van der Waals surface area contributed by atoms with Gasteiger partial charge in [0.05, 0.1) is 12.2 Å². The first kappa shape index (κ1) is 17.7. The number of amides is 1. The maximum atomic E-state index is 12.9. The van der Waals surface area contributed by atoms with E-state index in [4.69, 9.17) is 4.74 Å². The highest BCUT2D eigenvalue weighted by molar-refractivity contribution is 9.10. The standard InChI is InChI=1S/C20H19BrN4O2/c1-25-18-6-2-5-17(16(18)12-23-25)24-19(26)15-4-3-11-22-20(15)27-14-9-7-13(21)8-10-14/h3-4,7-12,17H,2,5-6H2,1H3,(H,24,26). The Labute approximate surface area is 165 Å². The third-order valence-electron chi connectivity index (χ3n) is 4.72. The summed E-state index contributed by atoms with van der Waals surface area (Å²) < 4.78 is 8.68. The molecule has 0 aliphatic heterocycles. The zero-order valence-corrected chi connectivity index (χ0v) is 16.4. The van der Waals surface area contributed by atoms with Gasteiger partial charge in [0.15, 0.2) is 0 Å². The number of rotatable bonds is 4. The van der Waals surface area contributed by atoms with Gasteiger partial charge in [0.2, 0.25) is 5.88 Å². The van der Waals surface area contributed by atoms with Gasteiger partial charge in [-0.15, -0.1) is 0 Å². The molecule has 7 heteroatoms. The zero-order valence-electron chi connectivity index (χ0n) is 14.9. The summed E-state index contributed by atoms with van der Waals surface area (Å²) in [5, 5.41) is 7.45. The summed E-state index contributed by atoms with van der Waals surface area (Å²) in [6.45, 7) is 0. The van der Waals surface area contributed by atoms with Crippen LogP contribution in [0.15, 0.2) is 53.3 Å². The Morgan fingerprint density at radius 2 is 2.11 bits per heavy atom. The van der Waals surface area contributed by atoms with E-state index in [0.29, 0.717) is 17.2 Å². The smallest absolute Gasteiger partial charge is 0.257 e. The molecule has 0 saturated carbocycles. The summed E-state index contributed by atoms with van der Waals surface area (Å²) in [5.41, 5.74) is 2.69. The summed E-state index contributed by atoms with van der Waals surface area (Å²) in [7, 11) is 1.94. The van der Waals surface area contributed by atoms with Crippen molar-refractivity contribution < 1.29 is 9.53 Å². The number of fused-ring (bicyclic) bond motifs is 1. The van der Waals surface area contributed by atoms with Crippen LogP contribution >= 0.6 is 15.9 Å². The van der Waals surface area contributed by atoms with Crippen molar-refractivity contribution in [3.05, 3.63) is 70.1 Å². The van der Waals surface area contributed by atoms with Gasteiger partial charge in [-0.05, 0) is 55.7 Å². The fraction of sp³-hybridized carbons (Fsp3) is 0.250. The molecule has 1 aliphatic rings. The summed E-state index contributed by atoms with van der Waals surface area (Å²) >= 11 is 3.40. The van der Waals surface area contributed by atoms with Crippen molar-refractivity contribution in [3.63, 3.8) is 0 Å². The Balaban J connectivity index is 1.55. The number of hydrogen-bond donors (Lipinski definition) is 1. The van der Waals surface area contributed by atoms with Crippen molar-refractivity contribution in [3.8, 4) is 11.6 Å². The van der Waals surface area contributed by atoms with Gasteiger partial charge in [-0.25, -0.2) is 4.98 Å². The molecule has 1 amide bonds. The van der Waals surface area contributed by atoms with Crippen LogP contribution in [0.2, 0.25) is 0 Å². The summed E-state index contributed by atoms with van der Waals surface area (Å²) in [6.07, 6.45) is 6.37. The van der Waals surface area contributed by atoms with Crippen LogP contribution in [0.5, 0.6) is 11.6 Å². The predicted octanol–water partition coefficient (Wildman–Crippen LogP) is 4.18. The molecule has 27 heavy (non-hydrogen) atoms. The van der Waals surface area contributed by atoms with Crippen molar-refractivity contribution in [2.45, 2.75) is 25.3 Å². The van der Waals surface area contributed by atoms with E-state index in [2.05, 4.69) is 31.3 Å². The summed E-state index contributed by atoms with van der Waals surface area (Å²) in [6, 6.07) is 10.8. The third kappa shape index (κ3) is 3.73. The summed E-state index contributed by atoms with van der Waals surface area (Å²) in [5.74, 6) is 0.717. The molecule has 1 aromatic carbocycles. The van der Waals surface area contributed by atoms with E-state index < -0.39 is 0 Å². The average Bonchev–Trinajstić information content (AvgIpc) is 3.06. The molecule has 1 atom stereocenters. The van der Waals surface area contributed by atoms with Crippen molar-refractivity contribution in [1.29, 1.82) is 0 Å². The van der Waals surface area contributed by atoms with Crippen molar-refractivity contribution in [2.75, 3.05) is 0 Å². The SMILES string of the molecule is Cn1ncc2c1CCCC2NC(=O)c1cccnc1Oc1ccc(Br)cc1. The number of aryl methyl sites for hydroxylation is 1. The monoisotopic (exact) mass is 426 g/mol. The quantitative estimate of drug-likeness (QED) is 0.679. The van der Waals surface area contributed by atoms with Gasteiger partial charge < -0.3 is 10.1 Å². The Bertz CT molecular complexity index is 968. The van der Waals surface area contributed by atoms with E-state index in [0.717, 1.165) is 29.3 Å². The van der Waals surface area contributed by atoms with Crippen LogP contribution in [-0.2, 0) is 13.5 Å². The van der Waals surface area contributed by atoms with Gasteiger partial charge in [0.1, 0.15) is 11.3 Å². The number of pyridine rings is 1. The van der Waals surface area contributed by atoms with Gasteiger partial charge >= 0.3 is 0 Å². The molecular formula is C20H19BrN4O2. The van der Waals surface area contributed by atoms with Crippen LogP contribution < -0.4 is 10.1 Å². The Kier molecular flexibility index (Phi) is 4.94. The van der Waals surface area contributed by atoms with E-state index in [-0.39, 0.29) is 11.9 Å². The Morgan fingerprint density at radius 1 is 1.30 bits per heavy atom. The first-order chi connectivity index (χ1) is 13.1. The van der Waals surface area contributed by atoms with Gasteiger partial charge in [0, 0.05) is 29.0 Å². The molecule has 0 bridgehead atoms. The average molecular weight is 427 g/mol. The molecule has 4 rings (SSSR count). The molecule has 6 nitrogen and oxygen atoms in total. The number of aromatic nitrogens is 3. The second-order valence-corrected chi connectivity index (χ2v) is 7.42. The number of ether oxygens (including phenoxy) is 1. The molecule has 138 valence electrons. The normalized spacial score (nSPS) is 15.9. The second-order valence-electron chi connectivity index (χ2n) is 6.50. The molecule has 0 spiro atoms. The van der Waals surface area contributed by atoms with Gasteiger partial charge in [-0.3, -0.25) is 9.48 Å². The fourth-order valence-electron chi connectivity index (χ4n) is 3.35. The molecular weight excluding hydrogens is 408 g/mol. The van der Waals surface area contributed by atoms with E-state index in [9.17, 15) is 4.79 Å². The lowest BCUT2D eigenvalue weighted by Crippen LogP contribution is -2.31. The van der Waals surface area contributed by atoms with Crippen molar-refractivity contribution in [1.82, 2.24) is 20.1 Å². The number of carbonyl (C=O) groups excluding carboxylic acids is 1. The second kappa shape index (κ2) is 7.52. The summed E-state index contributed by atoms with van der Waals surface area (Å²) in [4.78, 5) is 17.2. The number of nitrogens with zero attached hydrogens (tertiary/aromatic N) is 3. The van der Waals surface area contributed by atoms with Crippen molar-refractivity contribution >= 4 is 21.8 Å². The van der Waals surface area contributed by atoms with E-state index >= 15 is 0 Å². The number of benzene rings is 1. The van der Waals surface area contributed by atoms with E-state index in [1.54, 1.807) is 18.3 Å². The molecule has 3 aromatic rings. The highest BCUT2D eigenvalue weighted by Crippen LogP contribution is 2.30. The zero-order chi connectivity index (χ0) is 18.8. The van der Waals surface area contributed by atoms with Gasteiger partial charge in [-0.2, -0.15) is 5.10 Å². The Hall–Kier alpha value is -2.67. The lowest BCUT2D eigenvalue weighted by molar-refractivity contribution is 0.0929. The van der Waals surface area contributed by atoms with Gasteiger partial charge in [-0.1, -0.05) is 15.9 Å². The number of hydrogen-bond acceptors (Lipinski definition) is 4. The molecule has 0 saturated heterocycles. The molecule has 0 radical (unpaired) electrons. The van der Waals surface area contributed by atoms with Crippen LogP contribution in [-0.4, -0.2) is 20.7 Å². The lowest BCUT2D eigenvalue weighted by Gasteiger charge is -2.24. The molecule has 1 N–H and O–H groups in total. The lowest BCUT2D eigenvalue weighted by atomic mass is 9.93. The van der Waals surface area contributed by atoms with Crippen LogP contribution in [0.4, 0.5) is 0 Å². The molecule has 2 heterocycles. The molecule has 1 unspecified atom stereocenters. The number of carbonyl (C=O) groups is 1. The maximum absolute atomic E-state index is 12.9. The number of nitrogens with one attached hydrogen (secondary N) is 1. The first-order valence-corrected chi connectivity index (χ1v) is 9.61.